The number of nitrogens with zero attached hydrogens (tertiary/aromatic N) is 4. The highest BCUT2D eigenvalue weighted by Gasteiger charge is 2.23. The van der Waals surface area contributed by atoms with Crippen molar-refractivity contribution in [2.45, 2.75) is 0 Å². The molecule has 0 saturated heterocycles. The number of carboxylic acids is 1. The summed E-state index contributed by atoms with van der Waals surface area (Å²) in [7, 11) is 1.51. The number of aromatic carboxylic acids is 1. The van der Waals surface area contributed by atoms with Crippen LogP contribution in [0.4, 0.5) is 5.69 Å². The molecule has 112 valence electrons. The van der Waals surface area contributed by atoms with E-state index in [1.165, 1.54) is 23.1 Å². The van der Waals surface area contributed by atoms with Crippen LogP contribution in [0.2, 0.25) is 0 Å². The highest BCUT2D eigenvalue weighted by molar-refractivity contribution is 7.12. The van der Waals surface area contributed by atoms with E-state index in [9.17, 15) is 9.90 Å². The normalized spacial score (nSPS) is 10.6. The summed E-state index contributed by atoms with van der Waals surface area (Å²) in [5, 5.41) is 19.2. The molecule has 0 aliphatic heterocycles. The molecule has 1 aromatic carbocycles. The molecule has 2 aromatic heterocycles. The Kier molecular flexibility index (Phi) is 3.47. The molecule has 3 aromatic rings. The smallest absolute Gasteiger partial charge is 0.358 e. The van der Waals surface area contributed by atoms with Crippen molar-refractivity contribution in [2.24, 2.45) is 0 Å². The largest absolute Gasteiger partial charge is 0.495 e. The number of carbonyl (C=O) groups is 1. The van der Waals surface area contributed by atoms with Gasteiger partial charge in [0.25, 0.3) is 0 Å². The number of thiazole rings is 1. The van der Waals surface area contributed by atoms with Gasteiger partial charge in [0.1, 0.15) is 11.4 Å². The Labute approximate surface area is 128 Å². The molecule has 3 rings (SSSR count). The topological polar surface area (TPSA) is 116 Å². The molecule has 0 bridgehead atoms. The molecule has 0 unspecified atom stereocenters. The van der Waals surface area contributed by atoms with Crippen molar-refractivity contribution in [1.82, 2.24) is 20.0 Å². The van der Waals surface area contributed by atoms with Crippen LogP contribution in [0.25, 0.3) is 16.4 Å². The van der Waals surface area contributed by atoms with Crippen LogP contribution < -0.4 is 10.5 Å². The Morgan fingerprint density at radius 1 is 1.45 bits per heavy atom. The molecule has 0 spiro atoms. The predicted molar refractivity (Wildman–Crippen MR) is 80.4 cm³/mol. The Hall–Kier alpha value is -2.94. The molecular formula is C13H11N5O3S. The second-order valence-electron chi connectivity index (χ2n) is 4.28. The van der Waals surface area contributed by atoms with Crippen LogP contribution in [-0.4, -0.2) is 38.2 Å². The third-order valence-corrected chi connectivity index (χ3v) is 3.72. The number of ether oxygens (including phenoxy) is 1. The molecule has 3 N–H and O–H groups in total. The highest BCUT2D eigenvalue weighted by atomic mass is 32.1. The number of nitrogens with two attached hydrogens (primary N) is 1. The van der Waals surface area contributed by atoms with E-state index in [0.29, 0.717) is 27.8 Å². The first-order chi connectivity index (χ1) is 10.6. The van der Waals surface area contributed by atoms with Crippen molar-refractivity contribution in [3.05, 3.63) is 35.5 Å². The second kappa shape index (κ2) is 5.45. The Bertz CT molecular complexity index is 828. The lowest BCUT2D eigenvalue weighted by atomic mass is 10.1. The first-order valence-corrected chi connectivity index (χ1v) is 7.02. The van der Waals surface area contributed by atoms with E-state index in [1.807, 2.05) is 0 Å². The van der Waals surface area contributed by atoms with Gasteiger partial charge in [-0.1, -0.05) is 5.21 Å². The van der Waals surface area contributed by atoms with Crippen molar-refractivity contribution in [2.75, 3.05) is 12.8 Å². The summed E-state index contributed by atoms with van der Waals surface area (Å²) in [6, 6.07) is 4.98. The van der Waals surface area contributed by atoms with Gasteiger partial charge in [-0.2, -0.15) is 4.68 Å². The third-order valence-electron chi connectivity index (χ3n) is 2.98. The van der Waals surface area contributed by atoms with Gasteiger partial charge >= 0.3 is 5.97 Å². The van der Waals surface area contributed by atoms with Gasteiger partial charge in [0, 0.05) is 17.1 Å². The third kappa shape index (κ3) is 2.27. The van der Waals surface area contributed by atoms with Crippen molar-refractivity contribution in [1.29, 1.82) is 0 Å². The summed E-state index contributed by atoms with van der Waals surface area (Å²) in [6.45, 7) is 0. The van der Waals surface area contributed by atoms with Crippen LogP contribution in [0.15, 0.2) is 29.8 Å². The summed E-state index contributed by atoms with van der Waals surface area (Å²) in [6.07, 6.45) is 1.61. The molecule has 0 amide bonds. The molecule has 9 heteroatoms. The minimum atomic E-state index is -1.17. The first-order valence-electron chi connectivity index (χ1n) is 6.14. The fourth-order valence-electron chi connectivity index (χ4n) is 2.02. The van der Waals surface area contributed by atoms with Gasteiger partial charge in [0.2, 0.25) is 5.13 Å². The molecule has 8 nitrogen and oxygen atoms in total. The van der Waals surface area contributed by atoms with E-state index in [4.69, 9.17) is 10.5 Å². The Balaban J connectivity index is 2.22. The SMILES string of the molecule is COc1ccc(-c2c(C(=O)O)nnn2-c2nccs2)cc1N. The van der Waals surface area contributed by atoms with Gasteiger partial charge < -0.3 is 15.6 Å². The minimum absolute atomic E-state index is 0.167. The van der Waals surface area contributed by atoms with Gasteiger partial charge in [-0.3, -0.25) is 0 Å². The average molecular weight is 317 g/mol. The Morgan fingerprint density at radius 2 is 2.27 bits per heavy atom. The fraction of sp³-hybridized carbons (Fsp3) is 0.0769. The lowest BCUT2D eigenvalue weighted by Gasteiger charge is -2.08. The summed E-state index contributed by atoms with van der Waals surface area (Å²) >= 11 is 1.32. The maximum Gasteiger partial charge on any atom is 0.358 e. The van der Waals surface area contributed by atoms with Crippen LogP contribution in [0.3, 0.4) is 0 Å². The van der Waals surface area contributed by atoms with Crippen LogP contribution >= 0.6 is 11.3 Å². The number of aromatic nitrogens is 4. The molecule has 0 fully saturated rings. The van der Waals surface area contributed by atoms with E-state index in [2.05, 4.69) is 15.3 Å². The van der Waals surface area contributed by atoms with Crippen LogP contribution in [-0.2, 0) is 0 Å². The monoisotopic (exact) mass is 317 g/mol. The first kappa shape index (κ1) is 14.0. The van der Waals surface area contributed by atoms with E-state index in [1.54, 1.807) is 29.8 Å². The summed E-state index contributed by atoms with van der Waals surface area (Å²) in [4.78, 5) is 15.5. The molecule has 22 heavy (non-hydrogen) atoms. The van der Waals surface area contributed by atoms with Gasteiger partial charge in [-0.25, -0.2) is 9.78 Å². The molecular weight excluding hydrogens is 306 g/mol. The molecule has 0 aliphatic carbocycles. The number of hydrogen-bond donors (Lipinski definition) is 2. The van der Waals surface area contributed by atoms with Crippen molar-refractivity contribution in [3.63, 3.8) is 0 Å². The maximum absolute atomic E-state index is 11.4. The van der Waals surface area contributed by atoms with Crippen molar-refractivity contribution in [3.8, 4) is 22.1 Å². The zero-order chi connectivity index (χ0) is 15.7. The molecule has 0 radical (unpaired) electrons. The Morgan fingerprint density at radius 3 is 2.86 bits per heavy atom. The summed E-state index contributed by atoms with van der Waals surface area (Å²) < 4.78 is 6.49. The molecule has 0 saturated carbocycles. The molecule has 2 heterocycles. The predicted octanol–water partition coefficient (Wildman–Crippen LogP) is 1.68. The molecule has 0 atom stereocenters. The van der Waals surface area contributed by atoms with Gasteiger partial charge in [0.05, 0.1) is 12.8 Å². The number of nitrogen functional groups attached to an aromatic ring is 1. The minimum Gasteiger partial charge on any atom is -0.495 e. The van der Waals surface area contributed by atoms with Gasteiger partial charge in [0.15, 0.2) is 5.69 Å². The van der Waals surface area contributed by atoms with Crippen molar-refractivity contribution < 1.29 is 14.6 Å². The number of methoxy groups -OCH3 is 1. The van der Waals surface area contributed by atoms with Crippen LogP contribution in [0.1, 0.15) is 10.5 Å². The highest BCUT2D eigenvalue weighted by Crippen LogP contribution is 2.31. The lowest BCUT2D eigenvalue weighted by molar-refractivity contribution is 0.0691. The number of carboxylic acid groups (broad SMARTS) is 1. The quantitative estimate of drug-likeness (QED) is 0.703. The average Bonchev–Trinajstić information content (AvgIpc) is 3.15. The van der Waals surface area contributed by atoms with Gasteiger partial charge in [-0.15, -0.1) is 16.4 Å². The standard InChI is InChI=1S/C13H11N5O3S/c1-21-9-3-2-7(6-8(9)14)11-10(12(19)20)16-17-18(11)13-15-4-5-22-13/h2-6H,14H2,1H3,(H,19,20). The van der Waals surface area contributed by atoms with E-state index < -0.39 is 5.97 Å². The number of anilines is 1. The zero-order valence-electron chi connectivity index (χ0n) is 11.4. The second-order valence-corrected chi connectivity index (χ2v) is 5.15. The number of benzene rings is 1. The lowest BCUT2D eigenvalue weighted by Crippen LogP contribution is -2.03. The summed E-state index contributed by atoms with van der Waals surface area (Å²) in [5.41, 5.74) is 7.00. The van der Waals surface area contributed by atoms with E-state index in [-0.39, 0.29) is 5.69 Å². The fourth-order valence-corrected chi connectivity index (χ4v) is 2.61. The van der Waals surface area contributed by atoms with Crippen LogP contribution in [0.5, 0.6) is 5.75 Å². The van der Waals surface area contributed by atoms with Gasteiger partial charge in [-0.05, 0) is 18.2 Å². The zero-order valence-corrected chi connectivity index (χ0v) is 12.2. The number of hydrogen-bond acceptors (Lipinski definition) is 7. The van der Waals surface area contributed by atoms with E-state index in [0.717, 1.165) is 0 Å². The number of rotatable bonds is 4. The summed E-state index contributed by atoms with van der Waals surface area (Å²) in [5.74, 6) is -0.666. The van der Waals surface area contributed by atoms with E-state index >= 15 is 0 Å². The molecule has 0 aliphatic rings. The van der Waals surface area contributed by atoms with Crippen molar-refractivity contribution >= 4 is 23.0 Å². The maximum atomic E-state index is 11.4. The van der Waals surface area contributed by atoms with Crippen LogP contribution in [0, 0.1) is 0 Å².